The maximum Gasteiger partial charge on any atom is 0.312 e. The lowest BCUT2D eigenvalue weighted by molar-refractivity contribution is -0.152. The van der Waals surface area contributed by atoms with Crippen LogP contribution in [0.1, 0.15) is 18.2 Å². The van der Waals surface area contributed by atoms with E-state index in [1.54, 1.807) is 43.3 Å². The molecular weight excluding hydrogens is 488 g/mol. The number of nitrogens with one attached hydrogen (secondary N) is 2. The number of anilines is 1. The minimum atomic E-state index is -3.76. The molecule has 36 heavy (non-hydrogen) atoms. The van der Waals surface area contributed by atoms with Crippen molar-refractivity contribution in [3.63, 3.8) is 0 Å². The summed E-state index contributed by atoms with van der Waals surface area (Å²) in [6, 6.07) is 11.3. The number of aromatic nitrogens is 2. The number of carbonyl (C=O) groups is 2. The van der Waals surface area contributed by atoms with Crippen LogP contribution in [0, 0.1) is 6.92 Å². The molecule has 1 amide bonds. The first-order valence-electron chi connectivity index (χ1n) is 11.3. The van der Waals surface area contributed by atoms with Crippen LogP contribution in [0.3, 0.4) is 0 Å². The lowest BCUT2D eigenvalue weighted by Crippen LogP contribution is -2.40. The molecule has 1 saturated heterocycles. The first-order valence-corrected chi connectivity index (χ1v) is 12.8. The maximum absolute atomic E-state index is 13.1. The number of esters is 1. The van der Waals surface area contributed by atoms with Gasteiger partial charge in [0.25, 0.3) is 11.5 Å². The van der Waals surface area contributed by atoms with Gasteiger partial charge in [0.15, 0.2) is 6.10 Å². The van der Waals surface area contributed by atoms with E-state index in [0.717, 1.165) is 0 Å². The summed E-state index contributed by atoms with van der Waals surface area (Å²) in [5.74, 6) is -1.33. The highest BCUT2D eigenvalue weighted by atomic mass is 32.2. The van der Waals surface area contributed by atoms with Gasteiger partial charge in [-0.05, 0) is 37.6 Å². The van der Waals surface area contributed by atoms with Crippen LogP contribution in [-0.4, -0.2) is 67.2 Å². The van der Waals surface area contributed by atoms with Crippen LogP contribution in [0.15, 0.2) is 52.2 Å². The molecule has 1 fully saturated rings. The lowest BCUT2D eigenvalue weighted by atomic mass is 10.1. The minimum absolute atomic E-state index is 0.0860. The number of rotatable bonds is 7. The molecule has 1 aliphatic rings. The average molecular weight is 515 g/mol. The molecule has 0 saturated carbocycles. The summed E-state index contributed by atoms with van der Waals surface area (Å²) in [5.41, 5.74) is 0.746. The van der Waals surface area contributed by atoms with Crippen LogP contribution in [0.4, 0.5) is 5.69 Å². The van der Waals surface area contributed by atoms with E-state index in [9.17, 15) is 22.8 Å². The molecule has 0 radical (unpaired) electrons. The van der Waals surface area contributed by atoms with Crippen molar-refractivity contribution in [3.05, 3.63) is 64.1 Å². The van der Waals surface area contributed by atoms with Gasteiger partial charge in [-0.2, -0.15) is 9.40 Å². The fraction of sp³-hybridized carbons (Fsp3) is 0.333. The number of morpholine rings is 1. The number of carbonyl (C=O) groups excluding carboxylic acids is 2. The van der Waals surface area contributed by atoms with Crippen LogP contribution < -0.4 is 10.9 Å². The van der Waals surface area contributed by atoms with E-state index in [4.69, 9.17) is 9.47 Å². The molecule has 190 valence electrons. The number of amides is 1. The van der Waals surface area contributed by atoms with E-state index in [0.29, 0.717) is 35.2 Å². The molecular formula is C24H26N4O7S. The summed E-state index contributed by atoms with van der Waals surface area (Å²) in [6.07, 6.45) is -1.41. The third kappa shape index (κ3) is 5.45. The predicted octanol–water partition coefficient (Wildman–Crippen LogP) is 1.37. The number of hydrogen-bond acceptors (Lipinski definition) is 8. The number of fused-ring (bicyclic) bond motifs is 1. The fourth-order valence-electron chi connectivity index (χ4n) is 3.86. The zero-order valence-corrected chi connectivity index (χ0v) is 20.6. The van der Waals surface area contributed by atoms with Crippen molar-refractivity contribution in [1.29, 1.82) is 0 Å². The van der Waals surface area contributed by atoms with E-state index < -0.39 is 28.0 Å². The lowest BCUT2D eigenvalue weighted by Gasteiger charge is -2.27. The number of hydrogen-bond donors (Lipinski definition) is 2. The second-order valence-electron chi connectivity index (χ2n) is 8.34. The molecule has 4 rings (SSSR count). The van der Waals surface area contributed by atoms with Crippen molar-refractivity contribution < 1.29 is 27.5 Å². The van der Waals surface area contributed by atoms with Gasteiger partial charge in [0.1, 0.15) is 0 Å². The van der Waals surface area contributed by atoms with Gasteiger partial charge in [-0.1, -0.05) is 24.3 Å². The van der Waals surface area contributed by atoms with Crippen LogP contribution >= 0.6 is 0 Å². The van der Waals surface area contributed by atoms with E-state index in [1.165, 1.54) is 17.3 Å². The number of sulfonamides is 1. The Labute approximate surface area is 207 Å². The Hall–Kier alpha value is -3.61. The van der Waals surface area contributed by atoms with Crippen molar-refractivity contribution in [2.45, 2.75) is 31.3 Å². The largest absolute Gasteiger partial charge is 0.452 e. The molecule has 2 heterocycles. The standard InChI is InChI=1S/C24H26N4O7S/c1-15-7-8-17(13-21(15)36(32,33)28-9-11-34-12-10-28)25-23(30)16(2)35-22(29)14-20-18-5-3-4-6-19(18)24(31)27-26-20/h3-8,13,16H,9-12,14H2,1-2H3,(H,25,30)(H,27,31). The summed E-state index contributed by atoms with van der Waals surface area (Å²) in [7, 11) is -3.76. The highest BCUT2D eigenvalue weighted by molar-refractivity contribution is 7.89. The van der Waals surface area contributed by atoms with Gasteiger partial charge in [-0.15, -0.1) is 0 Å². The predicted molar refractivity (Wildman–Crippen MR) is 131 cm³/mol. The van der Waals surface area contributed by atoms with Crippen LogP contribution in [0.25, 0.3) is 10.8 Å². The van der Waals surface area contributed by atoms with E-state index in [-0.39, 0.29) is 35.7 Å². The minimum Gasteiger partial charge on any atom is -0.452 e. The number of H-pyrrole nitrogens is 1. The number of nitrogens with zero attached hydrogens (tertiary/aromatic N) is 2. The normalized spacial score (nSPS) is 15.4. The summed E-state index contributed by atoms with van der Waals surface area (Å²) < 4.78 is 38.0. The first kappa shape index (κ1) is 25.5. The second kappa shape index (κ2) is 10.6. The zero-order chi connectivity index (χ0) is 25.9. The molecule has 11 nitrogen and oxygen atoms in total. The molecule has 1 unspecified atom stereocenters. The van der Waals surface area contributed by atoms with Gasteiger partial charge in [-0.3, -0.25) is 14.4 Å². The summed E-state index contributed by atoms with van der Waals surface area (Å²) >= 11 is 0. The third-order valence-corrected chi connectivity index (χ3v) is 7.85. The Morgan fingerprint density at radius 3 is 2.58 bits per heavy atom. The fourth-order valence-corrected chi connectivity index (χ4v) is 5.52. The van der Waals surface area contributed by atoms with Crippen molar-refractivity contribution in [1.82, 2.24) is 14.5 Å². The maximum atomic E-state index is 13.1. The molecule has 0 bridgehead atoms. The molecule has 0 spiro atoms. The van der Waals surface area contributed by atoms with Crippen molar-refractivity contribution in [2.24, 2.45) is 0 Å². The average Bonchev–Trinajstić information content (AvgIpc) is 2.87. The molecule has 3 aromatic rings. The Morgan fingerprint density at radius 1 is 1.17 bits per heavy atom. The van der Waals surface area contributed by atoms with Gasteiger partial charge in [0.05, 0.1) is 35.6 Å². The van der Waals surface area contributed by atoms with E-state index in [1.807, 2.05) is 0 Å². The van der Waals surface area contributed by atoms with Gasteiger partial charge in [0.2, 0.25) is 10.0 Å². The van der Waals surface area contributed by atoms with Crippen LogP contribution in [0.5, 0.6) is 0 Å². The number of aryl methyl sites for hydroxylation is 1. The Morgan fingerprint density at radius 2 is 1.86 bits per heavy atom. The molecule has 1 aromatic heterocycles. The second-order valence-corrected chi connectivity index (χ2v) is 10.2. The Balaban J connectivity index is 1.43. The topological polar surface area (TPSA) is 148 Å². The van der Waals surface area contributed by atoms with Gasteiger partial charge in [0, 0.05) is 24.2 Å². The van der Waals surface area contributed by atoms with Gasteiger partial charge in [-0.25, -0.2) is 13.5 Å². The van der Waals surface area contributed by atoms with Gasteiger partial charge >= 0.3 is 5.97 Å². The number of ether oxygens (including phenoxy) is 2. The SMILES string of the molecule is Cc1ccc(NC(=O)C(C)OC(=O)Cc2n[nH]c(=O)c3ccccc23)cc1S(=O)(=O)N1CCOCC1. The number of aromatic amines is 1. The van der Waals surface area contributed by atoms with Crippen LogP contribution in [0.2, 0.25) is 0 Å². The zero-order valence-electron chi connectivity index (χ0n) is 19.8. The van der Waals surface area contributed by atoms with Crippen molar-refractivity contribution in [3.8, 4) is 0 Å². The highest BCUT2D eigenvalue weighted by Crippen LogP contribution is 2.24. The van der Waals surface area contributed by atoms with E-state index in [2.05, 4.69) is 15.5 Å². The summed E-state index contributed by atoms with van der Waals surface area (Å²) in [4.78, 5) is 37.2. The monoisotopic (exact) mass is 514 g/mol. The quantitative estimate of drug-likeness (QED) is 0.449. The third-order valence-electron chi connectivity index (χ3n) is 5.81. The van der Waals surface area contributed by atoms with Gasteiger partial charge < -0.3 is 14.8 Å². The number of benzene rings is 2. The Bertz CT molecular complexity index is 1460. The highest BCUT2D eigenvalue weighted by Gasteiger charge is 2.28. The van der Waals surface area contributed by atoms with Crippen molar-refractivity contribution in [2.75, 3.05) is 31.6 Å². The van der Waals surface area contributed by atoms with Crippen molar-refractivity contribution >= 4 is 38.4 Å². The molecule has 0 aliphatic carbocycles. The van der Waals surface area contributed by atoms with Crippen LogP contribution in [-0.2, 0) is 35.5 Å². The smallest absolute Gasteiger partial charge is 0.312 e. The molecule has 12 heteroatoms. The first-order chi connectivity index (χ1) is 17.2. The molecule has 1 aliphatic heterocycles. The molecule has 2 N–H and O–H groups in total. The van der Waals surface area contributed by atoms with E-state index >= 15 is 0 Å². The summed E-state index contributed by atoms with van der Waals surface area (Å²) in [6.45, 7) is 4.24. The Kier molecular flexibility index (Phi) is 7.48. The molecule has 1 atom stereocenters. The molecule has 2 aromatic carbocycles. The summed E-state index contributed by atoms with van der Waals surface area (Å²) in [5, 5.41) is 9.80.